The Balaban J connectivity index is 2.86. The fourth-order valence-electron chi connectivity index (χ4n) is 3.71. The van der Waals surface area contributed by atoms with Gasteiger partial charge in [0.25, 0.3) is 0 Å². The van der Waals surface area contributed by atoms with Crippen molar-refractivity contribution in [2.45, 2.75) is 88.9 Å². The minimum absolute atomic E-state index is 0.0440. The SMILES string of the molecule is C[C@H](NC(=O)[C@@H](NC(=O)[C@@H](N)Cc1ccc(O)cc1)[C@@H](C)O)C(=O)N[C@@H](CCCCN)C(=O)N[C@H](C(=O)O)[C@@H](C)O. The Morgan fingerprint density at radius 3 is 1.85 bits per heavy atom. The molecule has 7 atom stereocenters. The van der Waals surface area contributed by atoms with Gasteiger partial charge in [0.15, 0.2) is 6.04 Å². The van der Waals surface area contributed by atoms with Gasteiger partial charge in [0.05, 0.1) is 18.2 Å². The maximum Gasteiger partial charge on any atom is 0.328 e. The molecule has 0 heterocycles. The highest BCUT2D eigenvalue weighted by atomic mass is 16.4. The minimum atomic E-state index is -1.61. The van der Waals surface area contributed by atoms with Crippen LogP contribution in [-0.4, -0.2) is 99.0 Å². The van der Waals surface area contributed by atoms with Crippen molar-refractivity contribution in [1.29, 1.82) is 0 Å². The molecule has 0 bridgehead atoms. The quantitative estimate of drug-likeness (QED) is 0.0838. The fraction of sp³-hybridized carbons (Fsp3) is 0.577. The van der Waals surface area contributed by atoms with Gasteiger partial charge in [0, 0.05) is 0 Å². The number of aliphatic hydroxyl groups excluding tert-OH is 2. The predicted molar refractivity (Wildman–Crippen MR) is 147 cm³/mol. The smallest absolute Gasteiger partial charge is 0.328 e. The van der Waals surface area contributed by atoms with Gasteiger partial charge in [-0.05, 0) is 70.7 Å². The van der Waals surface area contributed by atoms with Gasteiger partial charge in [-0.25, -0.2) is 4.79 Å². The zero-order valence-electron chi connectivity index (χ0n) is 23.4. The average Bonchev–Trinajstić information content (AvgIpc) is 2.89. The van der Waals surface area contributed by atoms with E-state index < -0.39 is 72.0 Å². The van der Waals surface area contributed by atoms with E-state index in [1.807, 2.05) is 0 Å². The molecule has 1 rings (SSSR count). The number of hydrogen-bond donors (Lipinski definition) is 10. The fourth-order valence-corrected chi connectivity index (χ4v) is 3.71. The molecule has 0 aromatic heterocycles. The van der Waals surface area contributed by atoms with E-state index in [2.05, 4.69) is 21.3 Å². The first-order valence-electron chi connectivity index (χ1n) is 13.2. The van der Waals surface area contributed by atoms with Crippen LogP contribution < -0.4 is 32.7 Å². The second-order valence-corrected chi connectivity index (χ2v) is 9.84. The minimum Gasteiger partial charge on any atom is -0.508 e. The summed E-state index contributed by atoms with van der Waals surface area (Å²) in [4.78, 5) is 62.4. The molecule has 0 aliphatic carbocycles. The molecule has 1 aromatic rings. The number of phenolic OH excluding ortho intramolecular Hbond substituents is 1. The number of carbonyl (C=O) groups is 5. The molecule has 0 radical (unpaired) electrons. The van der Waals surface area contributed by atoms with Gasteiger partial charge in [-0.2, -0.15) is 0 Å². The third-order valence-corrected chi connectivity index (χ3v) is 6.17. The number of phenols is 1. The summed E-state index contributed by atoms with van der Waals surface area (Å²) >= 11 is 0. The number of amides is 4. The number of aliphatic carboxylic acids is 1. The molecule has 12 N–H and O–H groups in total. The standard InChI is InChI=1S/C26H42N6O9/c1-13(22(36)30-19(6-4-5-11-27)24(38)32-21(15(3)34)26(40)41)29-25(39)20(14(2)33)31-23(37)18(28)12-16-7-9-17(35)10-8-16/h7-10,13-15,18-21,33-35H,4-6,11-12,27-28H2,1-3H3,(H,29,39)(H,30,36)(H,31,37)(H,32,38)(H,40,41)/t13-,14+,15+,18-,19-,20-,21-/m0/s1. The van der Waals surface area contributed by atoms with E-state index in [1.54, 1.807) is 12.1 Å². The number of carbonyl (C=O) groups excluding carboxylic acids is 4. The zero-order valence-corrected chi connectivity index (χ0v) is 23.4. The van der Waals surface area contributed by atoms with Gasteiger partial charge < -0.3 is 53.2 Å². The Morgan fingerprint density at radius 2 is 1.34 bits per heavy atom. The van der Waals surface area contributed by atoms with Crippen LogP contribution in [0.1, 0.15) is 45.6 Å². The number of unbranched alkanes of at least 4 members (excludes halogenated alkanes) is 1. The number of aromatic hydroxyl groups is 1. The maximum atomic E-state index is 12.9. The van der Waals surface area contributed by atoms with E-state index in [4.69, 9.17) is 11.5 Å². The highest BCUT2D eigenvalue weighted by Crippen LogP contribution is 2.11. The number of nitrogens with two attached hydrogens (primary N) is 2. The monoisotopic (exact) mass is 582 g/mol. The summed E-state index contributed by atoms with van der Waals surface area (Å²) in [5, 5.41) is 47.8. The Labute approximate surface area is 238 Å². The first-order chi connectivity index (χ1) is 19.2. The second kappa shape index (κ2) is 17.1. The van der Waals surface area contributed by atoms with E-state index in [9.17, 15) is 44.4 Å². The summed E-state index contributed by atoms with van der Waals surface area (Å²) in [5.41, 5.74) is 12.1. The van der Waals surface area contributed by atoms with Crippen molar-refractivity contribution in [1.82, 2.24) is 21.3 Å². The van der Waals surface area contributed by atoms with E-state index >= 15 is 0 Å². The number of nitrogens with one attached hydrogen (secondary N) is 4. The summed E-state index contributed by atoms with van der Waals surface area (Å²) in [6, 6.07) is -0.556. The predicted octanol–water partition coefficient (Wildman–Crippen LogP) is -2.80. The lowest BCUT2D eigenvalue weighted by atomic mass is 10.0. The lowest BCUT2D eigenvalue weighted by Gasteiger charge is -2.26. The second-order valence-electron chi connectivity index (χ2n) is 9.84. The van der Waals surface area contributed by atoms with Crippen LogP contribution in [-0.2, 0) is 30.4 Å². The van der Waals surface area contributed by atoms with Crippen LogP contribution in [0.3, 0.4) is 0 Å². The Bertz CT molecular complexity index is 1030. The molecule has 15 nitrogen and oxygen atoms in total. The summed E-state index contributed by atoms with van der Waals surface area (Å²) in [6.45, 7) is 4.09. The molecule has 0 saturated heterocycles. The Hall–Kier alpha value is -3.79. The first kappa shape index (κ1) is 35.2. The van der Waals surface area contributed by atoms with Crippen molar-refractivity contribution in [3.05, 3.63) is 29.8 Å². The summed E-state index contributed by atoms with van der Waals surface area (Å²) in [6.07, 6.45) is -1.63. The molecular weight excluding hydrogens is 540 g/mol. The van der Waals surface area contributed by atoms with Crippen molar-refractivity contribution >= 4 is 29.6 Å². The van der Waals surface area contributed by atoms with Crippen molar-refractivity contribution in [3.8, 4) is 5.75 Å². The normalized spacial score (nSPS) is 16.2. The van der Waals surface area contributed by atoms with Gasteiger partial charge >= 0.3 is 5.97 Å². The third-order valence-electron chi connectivity index (χ3n) is 6.17. The molecule has 0 saturated carbocycles. The molecule has 0 unspecified atom stereocenters. The molecule has 0 aliphatic rings. The molecule has 230 valence electrons. The van der Waals surface area contributed by atoms with E-state index in [0.717, 1.165) is 0 Å². The Kier molecular flexibility index (Phi) is 14.7. The van der Waals surface area contributed by atoms with E-state index in [1.165, 1.54) is 32.9 Å². The van der Waals surface area contributed by atoms with Gasteiger partial charge in [-0.15, -0.1) is 0 Å². The highest BCUT2D eigenvalue weighted by molar-refractivity contribution is 5.95. The first-order valence-corrected chi connectivity index (χ1v) is 13.2. The number of rotatable bonds is 17. The number of benzene rings is 1. The average molecular weight is 583 g/mol. The molecule has 1 aromatic carbocycles. The highest BCUT2D eigenvalue weighted by Gasteiger charge is 2.32. The summed E-state index contributed by atoms with van der Waals surface area (Å²) < 4.78 is 0. The van der Waals surface area contributed by atoms with E-state index in [-0.39, 0.29) is 18.6 Å². The lowest BCUT2D eigenvalue weighted by Crippen LogP contribution is -2.60. The molecule has 0 fully saturated rings. The van der Waals surface area contributed by atoms with Crippen LogP contribution in [0, 0.1) is 0 Å². The van der Waals surface area contributed by atoms with Crippen molar-refractivity contribution < 1.29 is 44.4 Å². The van der Waals surface area contributed by atoms with Crippen molar-refractivity contribution in [2.75, 3.05) is 6.54 Å². The summed E-state index contributed by atoms with van der Waals surface area (Å²) in [5.74, 6) is -4.69. The van der Waals surface area contributed by atoms with Gasteiger partial charge in [0.1, 0.15) is 23.9 Å². The number of hydrogen-bond acceptors (Lipinski definition) is 10. The molecular formula is C26H42N6O9. The lowest BCUT2D eigenvalue weighted by molar-refractivity contribution is -0.145. The van der Waals surface area contributed by atoms with Crippen LogP contribution in [0.15, 0.2) is 24.3 Å². The van der Waals surface area contributed by atoms with Crippen LogP contribution >= 0.6 is 0 Å². The molecule has 4 amide bonds. The molecule has 0 spiro atoms. The van der Waals surface area contributed by atoms with Gasteiger partial charge in [0.2, 0.25) is 23.6 Å². The zero-order chi connectivity index (χ0) is 31.3. The van der Waals surface area contributed by atoms with Crippen molar-refractivity contribution in [3.63, 3.8) is 0 Å². The van der Waals surface area contributed by atoms with Gasteiger partial charge in [-0.1, -0.05) is 12.1 Å². The van der Waals surface area contributed by atoms with Crippen molar-refractivity contribution in [2.24, 2.45) is 11.5 Å². The maximum absolute atomic E-state index is 12.9. The van der Waals surface area contributed by atoms with E-state index in [0.29, 0.717) is 24.9 Å². The Morgan fingerprint density at radius 1 is 0.780 bits per heavy atom. The molecule has 15 heteroatoms. The van der Waals surface area contributed by atoms with Crippen LogP contribution in [0.4, 0.5) is 0 Å². The third kappa shape index (κ3) is 12.1. The molecule has 0 aliphatic heterocycles. The number of carboxylic acids is 1. The van der Waals surface area contributed by atoms with Crippen LogP contribution in [0.25, 0.3) is 0 Å². The topological polar surface area (TPSA) is 266 Å². The van der Waals surface area contributed by atoms with Crippen LogP contribution in [0.5, 0.6) is 5.75 Å². The summed E-state index contributed by atoms with van der Waals surface area (Å²) in [7, 11) is 0. The number of aliphatic hydroxyl groups is 2. The van der Waals surface area contributed by atoms with Gasteiger partial charge in [-0.3, -0.25) is 19.2 Å². The largest absolute Gasteiger partial charge is 0.508 e. The number of carboxylic acid groups (broad SMARTS) is 1. The molecule has 41 heavy (non-hydrogen) atoms. The van der Waals surface area contributed by atoms with Crippen LogP contribution in [0.2, 0.25) is 0 Å².